The molecule has 1 saturated heterocycles. The molecule has 4 N–H and O–H groups in total. The van der Waals surface area contributed by atoms with E-state index in [2.05, 4.69) is 34.3 Å². The van der Waals surface area contributed by atoms with Crippen molar-refractivity contribution in [3.63, 3.8) is 0 Å². The number of nitrogens with one attached hydrogen (secondary N) is 2. The van der Waals surface area contributed by atoms with E-state index in [1.807, 2.05) is 18.3 Å². The number of aromatic nitrogens is 3. The average Bonchev–Trinajstić information content (AvgIpc) is 3.31. The minimum atomic E-state index is -1.05. The van der Waals surface area contributed by atoms with Crippen LogP contribution in [0.15, 0.2) is 30.6 Å². The fourth-order valence-corrected chi connectivity index (χ4v) is 4.45. The number of halogens is 1. The van der Waals surface area contributed by atoms with Gasteiger partial charge in [0.05, 0.1) is 18.2 Å². The molecule has 1 aromatic carbocycles. The van der Waals surface area contributed by atoms with Crippen molar-refractivity contribution in [1.29, 1.82) is 0 Å². The average molecular weight is 438 g/mol. The number of anilines is 2. The molecular formula is C24H28FN5O2. The molecule has 2 aliphatic rings. The molecule has 8 heteroatoms. The Labute approximate surface area is 185 Å². The summed E-state index contributed by atoms with van der Waals surface area (Å²) in [6.07, 6.45) is 4.73. The maximum Gasteiger partial charge on any atom is 0.231 e. The summed E-state index contributed by atoms with van der Waals surface area (Å²) in [6.45, 7) is 5.21. The molecular weight excluding hydrogens is 409 g/mol. The molecule has 1 amide bonds. The lowest BCUT2D eigenvalue weighted by Gasteiger charge is -2.30. The highest BCUT2D eigenvalue weighted by Crippen LogP contribution is 2.39. The van der Waals surface area contributed by atoms with E-state index >= 15 is 0 Å². The quantitative estimate of drug-likeness (QED) is 0.505. The molecule has 7 nitrogen and oxygen atoms in total. The third-order valence-corrected chi connectivity index (χ3v) is 6.71. The van der Waals surface area contributed by atoms with Gasteiger partial charge >= 0.3 is 0 Å². The van der Waals surface area contributed by atoms with Gasteiger partial charge in [0.2, 0.25) is 5.91 Å². The van der Waals surface area contributed by atoms with Gasteiger partial charge < -0.3 is 15.8 Å². The number of benzene rings is 1. The summed E-state index contributed by atoms with van der Waals surface area (Å²) < 4.78 is 19.4. The van der Waals surface area contributed by atoms with E-state index < -0.39 is 12.1 Å². The third-order valence-electron chi connectivity index (χ3n) is 6.71. The standard InChI is InChI=1S/C24H28FN5O2/c1-12(2)13-3-4-21(32-11-13)23-18(10-28-30-23)14-5-15-7-22(27-9-17(15)20(26)6-14)29-24(31)16-8-19(16)25/h5-7,9-10,12-13,16,19,21H,3-4,8,11,26H2,1-2H3,(H,28,30)(H,27,29,31)/t13-,16-,19+,21?/m1/s1. The lowest BCUT2D eigenvalue weighted by Crippen LogP contribution is -2.24. The summed E-state index contributed by atoms with van der Waals surface area (Å²) in [5.74, 6) is 0.673. The van der Waals surface area contributed by atoms with Crippen molar-refractivity contribution in [3.05, 3.63) is 36.3 Å². The molecule has 3 aromatic rings. The van der Waals surface area contributed by atoms with Crippen molar-refractivity contribution in [2.75, 3.05) is 17.7 Å². The number of pyridine rings is 1. The van der Waals surface area contributed by atoms with Crippen molar-refractivity contribution >= 4 is 28.2 Å². The van der Waals surface area contributed by atoms with E-state index in [-0.39, 0.29) is 18.4 Å². The number of hydrogen-bond acceptors (Lipinski definition) is 5. The molecule has 3 heterocycles. The van der Waals surface area contributed by atoms with Crippen LogP contribution >= 0.6 is 0 Å². The molecule has 1 aliphatic carbocycles. The lowest BCUT2D eigenvalue weighted by molar-refractivity contribution is -0.117. The SMILES string of the molecule is CC(C)[C@@H]1CCC(c2n[nH]cc2-c2cc(N)c3cnc(NC(=O)[C@@H]4C[C@@H]4F)cc3c2)OC1. The summed E-state index contributed by atoms with van der Waals surface area (Å²) in [4.78, 5) is 16.4. The lowest BCUT2D eigenvalue weighted by atomic mass is 9.87. The van der Waals surface area contributed by atoms with Crippen LogP contribution in [0.2, 0.25) is 0 Å². The number of hydrogen-bond donors (Lipinski definition) is 3. The minimum Gasteiger partial charge on any atom is -0.398 e. The first-order valence-electron chi connectivity index (χ1n) is 11.2. The second-order valence-corrected chi connectivity index (χ2v) is 9.29. The number of carbonyl (C=O) groups excluding carboxylic acids is 1. The second kappa shape index (κ2) is 8.16. The zero-order chi connectivity index (χ0) is 22.4. The van der Waals surface area contributed by atoms with Gasteiger partial charge in [-0.2, -0.15) is 5.10 Å². The first-order valence-corrected chi connectivity index (χ1v) is 11.2. The van der Waals surface area contributed by atoms with Gasteiger partial charge in [-0.3, -0.25) is 9.89 Å². The Morgan fingerprint density at radius 1 is 1.31 bits per heavy atom. The van der Waals surface area contributed by atoms with Crippen molar-refractivity contribution in [1.82, 2.24) is 15.2 Å². The van der Waals surface area contributed by atoms with Crippen LogP contribution in [-0.4, -0.2) is 33.9 Å². The van der Waals surface area contributed by atoms with Crippen LogP contribution in [0.5, 0.6) is 0 Å². The van der Waals surface area contributed by atoms with Crippen LogP contribution in [0.4, 0.5) is 15.9 Å². The van der Waals surface area contributed by atoms with Crippen molar-refractivity contribution in [3.8, 4) is 11.1 Å². The van der Waals surface area contributed by atoms with Gasteiger partial charge in [-0.05, 0) is 60.2 Å². The highest BCUT2D eigenvalue weighted by molar-refractivity contribution is 6.00. The molecule has 5 rings (SSSR count). The summed E-state index contributed by atoms with van der Waals surface area (Å²) in [5, 5.41) is 11.8. The van der Waals surface area contributed by atoms with Gasteiger partial charge in [-0.15, -0.1) is 0 Å². The first-order chi connectivity index (χ1) is 15.4. The number of amides is 1. The van der Waals surface area contributed by atoms with Crippen LogP contribution in [0.3, 0.4) is 0 Å². The van der Waals surface area contributed by atoms with E-state index in [0.29, 0.717) is 23.3 Å². The maximum atomic E-state index is 13.2. The molecule has 0 radical (unpaired) electrons. The van der Waals surface area contributed by atoms with Crippen LogP contribution < -0.4 is 11.1 Å². The monoisotopic (exact) mass is 437 g/mol. The number of fused-ring (bicyclic) bond motifs is 1. The number of aromatic amines is 1. The molecule has 4 atom stereocenters. The van der Waals surface area contributed by atoms with Crippen molar-refractivity contribution in [2.24, 2.45) is 17.8 Å². The Bertz CT molecular complexity index is 1150. The van der Waals surface area contributed by atoms with Gasteiger partial charge in [-0.1, -0.05) is 13.8 Å². The second-order valence-electron chi connectivity index (χ2n) is 9.29. The van der Waals surface area contributed by atoms with Gasteiger partial charge in [0.1, 0.15) is 18.1 Å². The summed E-state index contributed by atoms with van der Waals surface area (Å²) in [6, 6.07) is 5.69. The number of H-pyrrole nitrogens is 1. The largest absolute Gasteiger partial charge is 0.398 e. The van der Waals surface area contributed by atoms with Crippen LogP contribution in [0, 0.1) is 17.8 Å². The molecule has 1 saturated carbocycles. The van der Waals surface area contributed by atoms with Gasteiger partial charge in [0.15, 0.2) is 0 Å². The molecule has 0 spiro atoms. The minimum absolute atomic E-state index is 0.0531. The predicted molar refractivity (Wildman–Crippen MR) is 122 cm³/mol. The molecule has 1 unspecified atom stereocenters. The molecule has 0 bridgehead atoms. The zero-order valence-electron chi connectivity index (χ0n) is 18.3. The Morgan fingerprint density at radius 2 is 2.12 bits per heavy atom. The molecule has 2 aromatic heterocycles. The maximum absolute atomic E-state index is 13.2. The Morgan fingerprint density at radius 3 is 2.81 bits per heavy atom. The van der Waals surface area contributed by atoms with Crippen LogP contribution in [0.25, 0.3) is 21.9 Å². The normalized spacial score (nSPS) is 25.2. The van der Waals surface area contributed by atoms with Crippen molar-refractivity contribution < 1.29 is 13.9 Å². The van der Waals surface area contributed by atoms with Gasteiger partial charge in [0.25, 0.3) is 0 Å². The third kappa shape index (κ3) is 3.95. The van der Waals surface area contributed by atoms with E-state index in [1.165, 1.54) is 0 Å². The summed E-state index contributed by atoms with van der Waals surface area (Å²) >= 11 is 0. The zero-order valence-corrected chi connectivity index (χ0v) is 18.3. The fraction of sp³-hybridized carbons (Fsp3) is 0.458. The van der Waals surface area contributed by atoms with E-state index in [0.717, 1.165) is 47.0 Å². The Balaban J connectivity index is 1.42. The van der Waals surface area contributed by atoms with E-state index in [9.17, 15) is 9.18 Å². The van der Waals surface area contributed by atoms with E-state index in [4.69, 9.17) is 10.5 Å². The number of alkyl halides is 1. The van der Waals surface area contributed by atoms with Gasteiger partial charge in [-0.25, -0.2) is 9.37 Å². The Hall–Kier alpha value is -3.00. The molecule has 2 fully saturated rings. The number of rotatable bonds is 5. The first kappa shape index (κ1) is 20.9. The smallest absolute Gasteiger partial charge is 0.231 e. The predicted octanol–water partition coefficient (Wildman–Crippen LogP) is 4.63. The van der Waals surface area contributed by atoms with Crippen LogP contribution in [0.1, 0.15) is 44.9 Å². The molecule has 1 aliphatic heterocycles. The number of nitrogens with two attached hydrogens (primary N) is 1. The number of ether oxygens (including phenoxy) is 1. The Kier molecular flexibility index (Phi) is 5.33. The number of carbonyl (C=O) groups is 1. The van der Waals surface area contributed by atoms with Gasteiger partial charge in [0, 0.05) is 29.0 Å². The van der Waals surface area contributed by atoms with E-state index in [1.54, 1.807) is 12.3 Å². The van der Waals surface area contributed by atoms with Crippen LogP contribution in [-0.2, 0) is 9.53 Å². The number of nitrogen functional groups attached to an aromatic ring is 1. The van der Waals surface area contributed by atoms with Crippen molar-refractivity contribution in [2.45, 2.75) is 45.4 Å². The molecule has 32 heavy (non-hydrogen) atoms. The topological polar surface area (TPSA) is 106 Å². The fourth-order valence-electron chi connectivity index (χ4n) is 4.45. The number of nitrogens with zero attached hydrogens (tertiary/aromatic N) is 2. The highest BCUT2D eigenvalue weighted by atomic mass is 19.1. The highest BCUT2D eigenvalue weighted by Gasteiger charge is 2.43. The summed E-state index contributed by atoms with van der Waals surface area (Å²) in [7, 11) is 0. The molecule has 168 valence electrons. The summed E-state index contributed by atoms with van der Waals surface area (Å²) in [5.41, 5.74) is 9.68.